The van der Waals surface area contributed by atoms with Gasteiger partial charge in [0.1, 0.15) is 21.9 Å². The number of carbonyl (C=O) groups excluding carboxylic acids is 1. The number of aromatic nitrogens is 1. The Morgan fingerprint density at radius 2 is 2.05 bits per heavy atom. The molecule has 104 valence electrons. The van der Waals surface area contributed by atoms with Crippen molar-refractivity contribution in [1.29, 1.82) is 0 Å². The third-order valence-corrected chi connectivity index (χ3v) is 3.16. The zero-order valence-corrected chi connectivity index (χ0v) is 12.1. The Labute approximate surface area is 123 Å². The SMILES string of the molecule is CC(NC(=O)c1cccc(Br)n1)c1cc(F)ccc1F. The van der Waals surface area contributed by atoms with Crippen LogP contribution in [0.25, 0.3) is 0 Å². The topological polar surface area (TPSA) is 42.0 Å². The summed E-state index contributed by atoms with van der Waals surface area (Å²) in [6, 6.07) is 7.35. The molecule has 6 heteroatoms. The summed E-state index contributed by atoms with van der Waals surface area (Å²) in [6.45, 7) is 1.58. The zero-order chi connectivity index (χ0) is 14.7. The largest absolute Gasteiger partial charge is 0.344 e. The van der Waals surface area contributed by atoms with Crippen LogP contribution in [0.2, 0.25) is 0 Å². The molecule has 0 fully saturated rings. The van der Waals surface area contributed by atoms with Crippen LogP contribution < -0.4 is 5.32 Å². The minimum Gasteiger partial charge on any atom is -0.344 e. The van der Waals surface area contributed by atoms with E-state index in [9.17, 15) is 13.6 Å². The molecule has 1 aromatic heterocycles. The van der Waals surface area contributed by atoms with Crippen molar-refractivity contribution in [3.05, 3.63) is 63.9 Å². The lowest BCUT2D eigenvalue weighted by atomic mass is 10.1. The molecule has 1 aromatic carbocycles. The Kier molecular flexibility index (Phi) is 4.44. The van der Waals surface area contributed by atoms with E-state index in [1.165, 1.54) is 6.07 Å². The first-order valence-electron chi connectivity index (χ1n) is 5.86. The summed E-state index contributed by atoms with van der Waals surface area (Å²) >= 11 is 3.16. The monoisotopic (exact) mass is 340 g/mol. The highest BCUT2D eigenvalue weighted by Gasteiger charge is 2.16. The van der Waals surface area contributed by atoms with Gasteiger partial charge in [0.15, 0.2) is 0 Å². The van der Waals surface area contributed by atoms with Crippen molar-refractivity contribution in [3.63, 3.8) is 0 Å². The third kappa shape index (κ3) is 3.39. The van der Waals surface area contributed by atoms with Crippen LogP contribution in [-0.2, 0) is 0 Å². The van der Waals surface area contributed by atoms with E-state index in [2.05, 4.69) is 26.2 Å². The third-order valence-electron chi connectivity index (χ3n) is 2.72. The van der Waals surface area contributed by atoms with Crippen LogP contribution in [0.4, 0.5) is 8.78 Å². The van der Waals surface area contributed by atoms with Gasteiger partial charge in [-0.2, -0.15) is 0 Å². The van der Waals surface area contributed by atoms with Gasteiger partial charge in [-0.15, -0.1) is 0 Å². The maximum Gasteiger partial charge on any atom is 0.270 e. The van der Waals surface area contributed by atoms with Gasteiger partial charge in [-0.3, -0.25) is 4.79 Å². The molecule has 20 heavy (non-hydrogen) atoms. The Morgan fingerprint density at radius 1 is 1.30 bits per heavy atom. The summed E-state index contributed by atoms with van der Waals surface area (Å²) in [6.07, 6.45) is 0. The number of nitrogens with zero attached hydrogens (tertiary/aromatic N) is 1. The van der Waals surface area contributed by atoms with E-state index < -0.39 is 23.6 Å². The molecule has 0 aliphatic heterocycles. The first-order chi connectivity index (χ1) is 9.47. The van der Waals surface area contributed by atoms with Crippen molar-refractivity contribution < 1.29 is 13.6 Å². The van der Waals surface area contributed by atoms with Crippen molar-refractivity contribution >= 4 is 21.8 Å². The Balaban J connectivity index is 2.17. The average Bonchev–Trinajstić information content (AvgIpc) is 2.41. The molecule has 0 spiro atoms. The van der Waals surface area contributed by atoms with Crippen LogP contribution >= 0.6 is 15.9 Å². The first-order valence-corrected chi connectivity index (χ1v) is 6.65. The van der Waals surface area contributed by atoms with E-state index in [1.807, 2.05) is 0 Å². The lowest BCUT2D eigenvalue weighted by Crippen LogP contribution is -2.28. The van der Waals surface area contributed by atoms with E-state index in [1.54, 1.807) is 19.1 Å². The highest BCUT2D eigenvalue weighted by molar-refractivity contribution is 9.10. The van der Waals surface area contributed by atoms with Gasteiger partial charge in [-0.05, 0) is 53.2 Å². The fourth-order valence-corrected chi connectivity index (χ4v) is 2.07. The quantitative estimate of drug-likeness (QED) is 0.867. The molecule has 3 nitrogen and oxygen atoms in total. The van der Waals surface area contributed by atoms with Gasteiger partial charge in [0, 0.05) is 5.56 Å². The van der Waals surface area contributed by atoms with Gasteiger partial charge in [0.25, 0.3) is 5.91 Å². The molecule has 2 aromatic rings. The predicted octanol–water partition coefficient (Wildman–Crippen LogP) is 3.61. The Hall–Kier alpha value is -1.82. The van der Waals surface area contributed by atoms with Crippen LogP contribution in [0, 0.1) is 11.6 Å². The average molecular weight is 341 g/mol. The van der Waals surface area contributed by atoms with Crippen LogP contribution in [0.1, 0.15) is 29.0 Å². The number of benzene rings is 1. The molecule has 0 radical (unpaired) electrons. The maximum absolute atomic E-state index is 13.6. The van der Waals surface area contributed by atoms with Gasteiger partial charge in [0.05, 0.1) is 6.04 Å². The molecule has 2 rings (SSSR count). The van der Waals surface area contributed by atoms with E-state index in [4.69, 9.17) is 0 Å². The molecule has 1 unspecified atom stereocenters. The normalized spacial score (nSPS) is 12.0. The second kappa shape index (κ2) is 6.09. The summed E-state index contributed by atoms with van der Waals surface area (Å²) in [4.78, 5) is 16.0. The van der Waals surface area contributed by atoms with Crippen molar-refractivity contribution in [1.82, 2.24) is 10.3 Å². The molecule has 0 saturated carbocycles. The van der Waals surface area contributed by atoms with Gasteiger partial charge < -0.3 is 5.32 Å². The Morgan fingerprint density at radius 3 is 2.75 bits per heavy atom. The van der Waals surface area contributed by atoms with Gasteiger partial charge >= 0.3 is 0 Å². The summed E-state index contributed by atoms with van der Waals surface area (Å²) in [5, 5.41) is 2.58. The molecule has 1 amide bonds. The predicted molar refractivity (Wildman–Crippen MR) is 74.2 cm³/mol. The van der Waals surface area contributed by atoms with Crippen molar-refractivity contribution in [3.8, 4) is 0 Å². The molecule has 1 N–H and O–H groups in total. The van der Waals surface area contributed by atoms with Crippen LogP contribution in [0.5, 0.6) is 0 Å². The maximum atomic E-state index is 13.6. The molecular formula is C14H11BrF2N2O. The van der Waals surface area contributed by atoms with Crippen LogP contribution in [0.3, 0.4) is 0 Å². The standard InChI is InChI=1S/C14H11BrF2N2O/c1-8(10-7-9(16)5-6-11(10)17)18-14(20)12-3-2-4-13(15)19-12/h2-8H,1H3,(H,18,20). The molecular weight excluding hydrogens is 330 g/mol. The van der Waals surface area contributed by atoms with Gasteiger partial charge in [0.2, 0.25) is 0 Å². The minimum atomic E-state index is -0.668. The number of hydrogen-bond acceptors (Lipinski definition) is 2. The molecule has 0 saturated heterocycles. The smallest absolute Gasteiger partial charge is 0.270 e. The summed E-state index contributed by atoms with van der Waals surface area (Å²) in [5.41, 5.74) is 0.288. The molecule has 1 heterocycles. The van der Waals surface area contributed by atoms with E-state index in [0.29, 0.717) is 4.60 Å². The number of carbonyl (C=O) groups is 1. The fourth-order valence-electron chi connectivity index (χ4n) is 1.73. The Bertz CT molecular complexity index is 649. The highest BCUT2D eigenvalue weighted by Crippen LogP contribution is 2.18. The number of nitrogens with one attached hydrogen (secondary N) is 1. The number of rotatable bonds is 3. The second-order valence-corrected chi connectivity index (χ2v) is 5.02. The van der Waals surface area contributed by atoms with Crippen molar-refractivity contribution in [2.75, 3.05) is 0 Å². The summed E-state index contributed by atoms with van der Waals surface area (Å²) < 4.78 is 27.2. The minimum absolute atomic E-state index is 0.0911. The highest BCUT2D eigenvalue weighted by atomic mass is 79.9. The zero-order valence-electron chi connectivity index (χ0n) is 10.5. The van der Waals surface area contributed by atoms with Crippen LogP contribution in [-0.4, -0.2) is 10.9 Å². The van der Waals surface area contributed by atoms with Gasteiger partial charge in [-0.1, -0.05) is 6.07 Å². The number of hydrogen-bond donors (Lipinski definition) is 1. The van der Waals surface area contributed by atoms with Gasteiger partial charge in [-0.25, -0.2) is 13.8 Å². The summed E-state index contributed by atoms with van der Waals surface area (Å²) in [7, 11) is 0. The molecule has 0 bridgehead atoms. The molecule has 0 aliphatic rings. The van der Waals surface area contributed by atoms with E-state index in [-0.39, 0.29) is 11.3 Å². The molecule has 0 aliphatic carbocycles. The lowest BCUT2D eigenvalue weighted by molar-refractivity contribution is 0.0934. The lowest BCUT2D eigenvalue weighted by Gasteiger charge is -2.15. The first kappa shape index (κ1) is 14.6. The summed E-state index contributed by atoms with van der Waals surface area (Å²) in [5.74, 6) is -1.58. The van der Waals surface area contributed by atoms with Crippen LogP contribution in [0.15, 0.2) is 41.0 Å². The molecule has 1 atom stereocenters. The fraction of sp³-hybridized carbons (Fsp3) is 0.143. The van der Waals surface area contributed by atoms with E-state index >= 15 is 0 Å². The van der Waals surface area contributed by atoms with E-state index in [0.717, 1.165) is 18.2 Å². The number of amides is 1. The van der Waals surface area contributed by atoms with Crippen molar-refractivity contribution in [2.45, 2.75) is 13.0 Å². The van der Waals surface area contributed by atoms with Crippen molar-refractivity contribution in [2.24, 2.45) is 0 Å². The second-order valence-electron chi connectivity index (χ2n) is 4.21. The number of halogens is 3. The number of pyridine rings is 1.